The smallest absolute Gasteiger partial charge is 0.271 e. The van der Waals surface area contributed by atoms with E-state index in [4.69, 9.17) is 11.6 Å². The first kappa shape index (κ1) is 17.7. The van der Waals surface area contributed by atoms with Crippen LogP contribution in [0.1, 0.15) is 18.4 Å². The second-order valence-corrected chi connectivity index (χ2v) is 7.43. The van der Waals surface area contributed by atoms with Crippen LogP contribution in [0, 0.1) is 16.0 Å². The van der Waals surface area contributed by atoms with E-state index in [0.717, 1.165) is 43.6 Å². The Kier molecular flexibility index (Phi) is 4.94. The zero-order valence-electron chi connectivity index (χ0n) is 14.8. The van der Waals surface area contributed by atoms with Gasteiger partial charge in [0.1, 0.15) is 0 Å². The van der Waals surface area contributed by atoms with Crippen molar-refractivity contribution in [1.29, 1.82) is 0 Å². The molecular formula is C21H20ClN3O2. The molecule has 0 spiro atoms. The van der Waals surface area contributed by atoms with Gasteiger partial charge in [0, 0.05) is 36.8 Å². The number of nitro benzene ring substituents is 1. The molecule has 1 saturated heterocycles. The van der Waals surface area contributed by atoms with Crippen LogP contribution in [0.2, 0.25) is 5.02 Å². The number of fused-ring (bicyclic) bond motifs is 1. The first-order valence-corrected chi connectivity index (χ1v) is 9.51. The fourth-order valence-corrected chi connectivity index (χ4v) is 4.18. The Labute approximate surface area is 162 Å². The largest absolute Gasteiger partial charge is 0.370 e. The van der Waals surface area contributed by atoms with Crippen molar-refractivity contribution in [2.45, 2.75) is 19.3 Å². The number of para-hydroxylation sites is 1. The summed E-state index contributed by atoms with van der Waals surface area (Å²) in [6, 6.07) is 15.2. The van der Waals surface area contributed by atoms with E-state index >= 15 is 0 Å². The second-order valence-electron chi connectivity index (χ2n) is 7.02. The standard InChI is InChI=1S/C21H20ClN3O2/c22-19-14-18(25(26)27)6-7-20(19)24-11-8-15(9-12-24)13-17-4-1-3-16-5-2-10-23-21(16)17/h1-7,10,14-15H,8-9,11-13H2. The molecule has 0 bridgehead atoms. The van der Waals surface area contributed by atoms with Crippen LogP contribution in [0.15, 0.2) is 54.7 Å². The number of nitrogens with zero attached hydrogens (tertiary/aromatic N) is 3. The molecule has 3 aromatic rings. The van der Waals surface area contributed by atoms with Crippen LogP contribution in [-0.4, -0.2) is 23.0 Å². The van der Waals surface area contributed by atoms with Crippen molar-refractivity contribution < 1.29 is 4.92 Å². The van der Waals surface area contributed by atoms with Gasteiger partial charge in [-0.05, 0) is 42.9 Å². The summed E-state index contributed by atoms with van der Waals surface area (Å²) in [6.07, 6.45) is 5.01. The lowest BCUT2D eigenvalue weighted by atomic mass is 9.89. The average molecular weight is 382 g/mol. The highest BCUT2D eigenvalue weighted by Crippen LogP contribution is 2.33. The molecule has 2 aromatic carbocycles. The number of pyridine rings is 1. The predicted molar refractivity (Wildman–Crippen MR) is 108 cm³/mol. The molecule has 0 aliphatic carbocycles. The zero-order valence-corrected chi connectivity index (χ0v) is 15.6. The monoisotopic (exact) mass is 381 g/mol. The summed E-state index contributed by atoms with van der Waals surface area (Å²) in [4.78, 5) is 17.2. The molecular weight excluding hydrogens is 362 g/mol. The molecule has 138 valence electrons. The maximum atomic E-state index is 10.9. The summed E-state index contributed by atoms with van der Waals surface area (Å²) in [7, 11) is 0. The van der Waals surface area contributed by atoms with Crippen molar-refractivity contribution in [2.75, 3.05) is 18.0 Å². The number of nitro groups is 1. The molecule has 1 aliphatic rings. The quantitative estimate of drug-likeness (QED) is 0.457. The minimum Gasteiger partial charge on any atom is -0.370 e. The van der Waals surface area contributed by atoms with Gasteiger partial charge in [0.15, 0.2) is 0 Å². The topological polar surface area (TPSA) is 59.3 Å². The molecule has 0 saturated carbocycles. The molecule has 1 aromatic heterocycles. The molecule has 0 N–H and O–H groups in total. The second kappa shape index (κ2) is 7.53. The Morgan fingerprint density at radius 2 is 1.93 bits per heavy atom. The van der Waals surface area contributed by atoms with Crippen LogP contribution in [0.4, 0.5) is 11.4 Å². The molecule has 6 heteroatoms. The fraction of sp³-hybridized carbons (Fsp3) is 0.286. The van der Waals surface area contributed by atoms with Crippen LogP contribution >= 0.6 is 11.6 Å². The maximum absolute atomic E-state index is 10.9. The molecule has 1 aliphatic heterocycles. The van der Waals surface area contributed by atoms with Gasteiger partial charge in [-0.15, -0.1) is 0 Å². The summed E-state index contributed by atoms with van der Waals surface area (Å²) in [5, 5.41) is 12.5. The summed E-state index contributed by atoms with van der Waals surface area (Å²) in [6.45, 7) is 1.81. The lowest BCUT2D eigenvalue weighted by Crippen LogP contribution is -2.34. The Morgan fingerprint density at radius 3 is 2.67 bits per heavy atom. The van der Waals surface area contributed by atoms with E-state index in [1.54, 1.807) is 6.07 Å². The lowest BCUT2D eigenvalue weighted by molar-refractivity contribution is -0.384. The third-order valence-electron chi connectivity index (χ3n) is 5.32. The van der Waals surface area contributed by atoms with Gasteiger partial charge in [-0.3, -0.25) is 15.1 Å². The molecule has 0 amide bonds. The lowest BCUT2D eigenvalue weighted by Gasteiger charge is -2.34. The number of piperidine rings is 1. The number of aromatic nitrogens is 1. The van der Waals surface area contributed by atoms with E-state index in [1.165, 1.54) is 23.1 Å². The van der Waals surface area contributed by atoms with Gasteiger partial charge < -0.3 is 4.90 Å². The van der Waals surface area contributed by atoms with Crippen molar-refractivity contribution in [3.05, 3.63) is 75.4 Å². The van der Waals surface area contributed by atoms with Crippen molar-refractivity contribution in [2.24, 2.45) is 5.92 Å². The van der Waals surface area contributed by atoms with Gasteiger partial charge >= 0.3 is 0 Å². The van der Waals surface area contributed by atoms with Crippen LogP contribution in [0.5, 0.6) is 0 Å². The molecule has 0 unspecified atom stereocenters. The minimum absolute atomic E-state index is 0.0297. The summed E-state index contributed by atoms with van der Waals surface area (Å²) < 4.78 is 0. The van der Waals surface area contributed by atoms with E-state index in [9.17, 15) is 10.1 Å². The number of rotatable bonds is 4. The first-order chi connectivity index (χ1) is 13.1. The third-order valence-corrected chi connectivity index (χ3v) is 5.62. The van der Waals surface area contributed by atoms with E-state index in [-0.39, 0.29) is 5.69 Å². The predicted octanol–water partition coefficient (Wildman–Crippen LogP) is 5.26. The Hall–Kier alpha value is -2.66. The maximum Gasteiger partial charge on any atom is 0.271 e. The van der Waals surface area contributed by atoms with Crippen LogP contribution < -0.4 is 4.90 Å². The third kappa shape index (κ3) is 3.74. The molecule has 2 heterocycles. The molecule has 4 rings (SSSR count). The number of hydrogen-bond acceptors (Lipinski definition) is 4. The van der Waals surface area contributed by atoms with Gasteiger partial charge in [0.25, 0.3) is 5.69 Å². The van der Waals surface area contributed by atoms with Gasteiger partial charge in [-0.1, -0.05) is 35.9 Å². The summed E-state index contributed by atoms with van der Waals surface area (Å²) in [5.74, 6) is 0.602. The van der Waals surface area contributed by atoms with Crippen LogP contribution in [0.3, 0.4) is 0 Å². The number of hydrogen-bond donors (Lipinski definition) is 0. The van der Waals surface area contributed by atoms with E-state index < -0.39 is 4.92 Å². The average Bonchev–Trinajstić information content (AvgIpc) is 2.69. The number of halogens is 1. The highest BCUT2D eigenvalue weighted by molar-refractivity contribution is 6.33. The number of anilines is 1. The summed E-state index contributed by atoms with van der Waals surface area (Å²) >= 11 is 6.28. The van der Waals surface area contributed by atoms with Crippen molar-refractivity contribution in [3.63, 3.8) is 0 Å². The van der Waals surface area contributed by atoms with E-state index in [1.807, 2.05) is 12.3 Å². The molecule has 1 fully saturated rings. The minimum atomic E-state index is -0.417. The molecule has 0 atom stereocenters. The molecule has 27 heavy (non-hydrogen) atoms. The number of non-ortho nitro benzene ring substituents is 1. The van der Waals surface area contributed by atoms with Crippen molar-refractivity contribution in [1.82, 2.24) is 4.98 Å². The molecule has 0 radical (unpaired) electrons. The van der Waals surface area contributed by atoms with Crippen LogP contribution in [0.25, 0.3) is 10.9 Å². The van der Waals surface area contributed by atoms with Crippen molar-refractivity contribution >= 4 is 33.9 Å². The molecule has 5 nitrogen and oxygen atoms in total. The first-order valence-electron chi connectivity index (χ1n) is 9.13. The number of benzene rings is 2. The Bertz CT molecular complexity index is 979. The van der Waals surface area contributed by atoms with Crippen LogP contribution in [-0.2, 0) is 6.42 Å². The Balaban J connectivity index is 1.44. The van der Waals surface area contributed by atoms with Gasteiger partial charge in [-0.25, -0.2) is 0 Å². The van der Waals surface area contributed by atoms with E-state index in [0.29, 0.717) is 10.9 Å². The SMILES string of the molecule is O=[N+]([O-])c1ccc(N2CCC(Cc3cccc4cccnc34)CC2)c(Cl)c1. The van der Waals surface area contributed by atoms with E-state index in [2.05, 4.69) is 34.1 Å². The Morgan fingerprint density at radius 1 is 1.15 bits per heavy atom. The van der Waals surface area contributed by atoms with Gasteiger partial charge in [0.05, 0.1) is 21.2 Å². The highest BCUT2D eigenvalue weighted by Gasteiger charge is 2.22. The highest BCUT2D eigenvalue weighted by atomic mass is 35.5. The zero-order chi connectivity index (χ0) is 18.8. The van der Waals surface area contributed by atoms with Gasteiger partial charge in [-0.2, -0.15) is 0 Å². The summed E-state index contributed by atoms with van der Waals surface area (Å²) in [5.41, 5.74) is 3.32. The van der Waals surface area contributed by atoms with Crippen molar-refractivity contribution in [3.8, 4) is 0 Å². The fourth-order valence-electron chi connectivity index (χ4n) is 3.89. The van der Waals surface area contributed by atoms with Gasteiger partial charge in [0.2, 0.25) is 0 Å². The normalized spacial score (nSPS) is 15.2.